The van der Waals surface area contributed by atoms with E-state index in [0.29, 0.717) is 19.5 Å². The van der Waals surface area contributed by atoms with Gasteiger partial charge in [-0.3, -0.25) is 4.79 Å². The summed E-state index contributed by atoms with van der Waals surface area (Å²) in [6, 6.07) is -0.394. The van der Waals surface area contributed by atoms with Crippen molar-refractivity contribution < 1.29 is 14.7 Å². The van der Waals surface area contributed by atoms with E-state index in [-0.39, 0.29) is 18.5 Å². The third kappa shape index (κ3) is 4.17. The fourth-order valence-electron chi connectivity index (χ4n) is 2.60. The number of hydrogen-bond acceptors (Lipinski definition) is 4. The van der Waals surface area contributed by atoms with Crippen molar-refractivity contribution in [3.8, 4) is 0 Å². The molecule has 1 unspecified atom stereocenters. The molecule has 2 rings (SSSR count). The summed E-state index contributed by atoms with van der Waals surface area (Å²) in [5.41, 5.74) is 0. The van der Waals surface area contributed by atoms with Gasteiger partial charge in [0.2, 0.25) is 0 Å². The van der Waals surface area contributed by atoms with E-state index in [1.54, 1.807) is 15.8 Å². The topological polar surface area (TPSA) is 100 Å². The van der Waals surface area contributed by atoms with Crippen LogP contribution in [0, 0.1) is 0 Å². The standard InChI is InChI=1S/C13H21N5O3/c1-17-9-15-16-11(17)5-6-14-13(21)18-7-3-2-4-10(18)8-12(19)20/h9-10H,2-8H2,1H3,(H,14,21)(H,19,20). The molecule has 2 heterocycles. The van der Waals surface area contributed by atoms with Crippen LogP contribution in [0.5, 0.6) is 0 Å². The van der Waals surface area contributed by atoms with Crippen LogP contribution in [0.15, 0.2) is 6.33 Å². The second-order valence-electron chi connectivity index (χ2n) is 5.28. The van der Waals surface area contributed by atoms with Crippen molar-refractivity contribution in [1.82, 2.24) is 25.0 Å². The fourth-order valence-corrected chi connectivity index (χ4v) is 2.60. The number of urea groups is 1. The first-order valence-electron chi connectivity index (χ1n) is 7.17. The van der Waals surface area contributed by atoms with Crippen LogP contribution in [0.3, 0.4) is 0 Å². The van der Waals surface area contributed by atoms with Crippen LogP contribution in [0.1, 0.15) is 31.5 Å². The van der Waals surface area contributed by atoms with Gasteiger partial charge in [0.15, 0.2) is 0 Å². The lowest BCUT2D eigenvalue weighted by molar-refractivity contribution is -0.138. The van der Waals surface area contributed by atoms with Crippen LogP contribution in [-0.2, 0) is 18.3 Å². The average molecular weight is 295 g/mol. The Hall–Kier alpha value is -2.12. The number of rotatable bonds is 5. The number of aliphatic carboxylic acids is 1. The second kappa shape index (κ2) is 7.05. The van der Waals surface area contributed by atoms with E-state index in [2.05, 4.69) is 15.5 Å². The van der Waals surface area contributed by atoms with E-state index in [0.717, 1.165) is 25.1 Å². The molecule has 1 aromatic heterocycles. The van der Waals surface area contributed by atoms with Gasteiger partial charge in [0.05, 0.1) is 6.42 Å². The largest absolute Gasteiger partial charge is 0.481 e. The number of aryl methyl sites for hydroxylation is 1. The van der Waals surface area contributed by atoms with Gasteiger partial charge in [-0.15, -0.1) is 10.2 Å². The normalized spacial score (nSPS) is 18.5. The Bertz CT molecular complexity index is 502. The molecule has 116 valence electrons. The van der Waals surface area contributed by atoms with Gasteiger partial charge in [-0.25, -0.2) is 4.79 Å². The van der Waals surface area contributed by atoms with E-state index >= 15 is 0 Å². The highest BCUT2D eigenvalue weighted by atomic mass is 16.4. The number of nitrogens with one attached hydrogen (secondary N) is 1. The zero-order chi connectivity index (χ0) is 15.2. The molecule has 0 aliphatic carbocycles. The van der Waals surface area contributed by atoms with E-state index < -0.39 is 5.97 Å². The molecule has 1 saturated heterocycles. The van der Waals surface area contributed by atoms with Gasteiger partial charge in [-0.2, -0.15) is 0 Å². The quantitative estimate of drug-likeness (QED) is 0.818. The number of carboxylic acid groups (broad SMARTS) is 1. The highest BCUT2D eigenvalue weighted by molar-refractivity contribution is 5.76. The highest BCUT2D eigenvalue weighted by Gasteiger charge is 2.28. The monoisotopic (exact) mass is 295 g/mol. The number of aromatic nitrogens is 3. The first-order chi connectivity index (χ1) is 10.1. The van der Waals surface area contributed by atoms with Crippen LogP contribution in [0.2, 0.25) is 0 Å². The SMILES string of the molecule is Cn1cnnc1CCNC(=O)N1CCCCC1CC(=O)O. The third-order valence-electron chi connectivity index (χ3n) is 3.73. The Morgan fingerprint density at radius 1 is 1.48 bits per heavy atom. The minimum Gasteiger partial charge on any atom is -0.481 e. The van der Waals surface area contributed by atoms with Gasteiger partial charge in [0.1, 0.15) is 12.2 Å². The van der Waals surface area contributed by atoms with E-state index in [1.165, 1.54) is 0 Å². The predicted octanol–water partition coefficient (Wildman–Crippen LogP) is 0.396. The van der Waals surface area contributed by atoms with Crippen molar-refractivity contribution in [1.29, 1.82) is 0 Å². The molecule has 2 N–H and O–H groups in total. The van der Waals surface area contributed by atoms with Gasteiger partial charge in [0, 0.05) is 32.6 Å². The molecule has 8 nitrogen and oxygen atoms in total. The van der Waals surface area contributed by atoms with Gasteiger partial charge in [0.25, 0.3) is 0 Å². The Morgan fingerprint density at radius 3 is 2.95 bits per heavy atom. The molecular weight excluding hydrogens is 274 g/mol. The number of carbonyl (C=O) groups is 2. The summed E-state index contributed by atoms with van der Waals surface area (Å²) < 4.78 is 1.81. The molecule has 1 fully saturated rings. The van der Waals surface area contributed by atoms with Crippen molar-refractivity contribution in [3.05, 3.63) is 12.2 Å². The molecule has 1 aliphatic rings. The maximum absolute atomic E-state index is 12.2. The summed E-state index contributed by atoms with van der Waals surface area (Å²) in [5, 5.41) is 19.5. The van der Waals surface area contributed by atoms with E-state index in [9.17, 15) is 9.59 Å². The number of piperidine rings is 1. The number of carboxylic acids is 1. The number of amides is 2. The molecule has 0 radical (unpaired) electrons. The van der Waals surface area contributed by atoms with Crippen LogP contribution in [0.4, 0.5) is 4.79 Å². The Labute approximate surface area is 123 Å². The maximum Gasteiger partial charge on any atom is 0.317 e. The second-order valence-corrected chi connectivity index (χ2v) is 5.28. The van der Waals surface area contributed by atoms with Crippen molar-refractivity contribution >= 4 is 12.0 Å². The molecular formula is C13H21N5O3. The van der Waals surface area contributed by atoms with Crippen molar-refractivity contribution in [2.45, 2.75) is 38.1 Å². The van der Waals surface area contributed by atoms with E-state index in [4.69, 9.17) is 5.11 Å². The summed E-state index contributed by atoms with van der Waals surface area (Å²) in [4.78, 5) is 24.7. The van der Waals surface area contributed by atoms with E-state index in [1.807, 2.05) is 7.05 Å². The van der Waals surface area contributed by atoms with Crippen molar-refractivity contribution in [2.75, 3.05) is 13.1 Å². The molecule has 1 aromatic rings. The molecule has 2 amide bonds. The zero-order valence-electron chi connectivity index (χ0n) is 12.2. The first-order valence-corrected chi connectivity index (χ1v) is 7.17. The summed E-state index contributed by atoms with van der Waals surface area (Å²) in [7, 11) is 1.85. The summed E-state index contributed by atoms with van der Waals surface area (Å²) >= 11 is 0. The number of nitrogens with zero attached hydrogens (tertiary/aromatic N) is 4. The predicted molar refractivity (Wildman–Crippen MR) is 74.7 cm³/mol. The van der Waals surface area contributed by atoms with Crippen LogP contribution < -0.4 is 5.32 Å². The molecule has 1 aliphatic heterocycles. The average Bonchev–Trinajstić information content (AvgIpc) is 2.84. The lowest BCUT2D eigenvalue weighted by Crippen LogP contribution is -2.49. The smallest absolute Gasteiger partial charge is 0.317 e. The highest BCUT2D eigenvalue weighted by Crippen LogP contribution is 2.19. The number of hydrogen-bond donors (Lipinski definition) is 2. The molecule has 0 bridgehead atoms. The molecule has 0 saturated carbocycles. The van der Waals surface area contributed by atoms with Gasteiger partial charge < -0.3 is 19.9 Å². The summed E-state index contributed by atoms with van der Waals surface area (Å²) in [5.74, 6) is -0.0604. The van der Waals surface area contributed by atoms with Crippen LogP contribution in [0.25, 0.3) is 0 Å². The van der Waals surface area contributed by atoms with Crippen molar-refractivity contribution in [2.24, 2.45) is 7.05 Å². The Balaban J connectivity index is 1.83. The van der Waals surface area contributed by atoms with Crippen LogP contribution in [-0.4, -0.2) is 55.9 Å². The van der Waals surface area contributed by atoms with Gasteiger partial charge in [-0.1, -0.05) is 0 Å². The first kappa shape index (κ1) is 15.3. The molecule has 1 atom stereocenters. The van der Waals surface area contributed by atoms with Gasteiger partial charge in [-0.05, 0) is 19.3 Å². The molecule has 0 spiro atoms. The zero-order valence-corrected chi connectivity index (χ0v) is 12.2. The Morgan fingerprint density at radius 2 is 2.29 bits per heavy atom. The maximum atomic E-state index is 12.2. The lowest BCUT2D eigenvalue weighted by Gasteiger charge is -2.34. The molecule has 0 aromatic carbocycles. The number of carbonyl (C=O) groups excluding carboxylic acids is 1. The number of likely N-dealkylation sites (tertiary alicyclic amines) is 1. The van der Waals surface area contributed by atoms with Crippen LogP contribution >= 0.6 is 0 Å². The minimum atomic E-state index is -0.862. The lowest BCUT2D eigenvalue weighted by atomic mass is 10.00. The van der Waals surface area contributed by atoms with Gasteiger partial charge >= 0.3 is 12.0 Å². The molecule has 8 heteroatoms. The summed E-state index contributed by atoms with van der Waals surface area (Å²) in [6.07, 6.45) is 4.87. The Kier molecular flexibility index (Phi) is 5.13. The van der Waals surface area contributed by atoms with Crippen molar-refractivity contribution in [3.63, 3.8) is 0 Å². The fraction of sp³-hybridized carbons (Fsp3) is 0.692. The summed E-state index contributed by atoms with van der Waals surface area (Å²) in [6.45, 7) is 1.08. The minimum absolute atomic E-state index is 0.0106. The molecule has 21 heavy (non-hydrogen) atoms. The third-order valence-corrected chi connectivity index (χ3v) is 3.73.